The van der Waals surface area contributed by atoms with E-state index in [1.807, 2.05) is 0 Å². The van der Waals surface area contributed by atoms with Crippen LogP contribution in [0.25, 0.3) is 0 Å². The molecule has 25 heavy (non-hydrogen) atoms. The Balaban J connectivity index is 3.07. The second-order valence-electron chi connectivity index (χ2n) is 7.19. The lowest BCUT2D eigenvalue weighted by molar-refractivity contribution is -0.137. The number of rotatable bonds is 20. The van der Waals surface area contributed by atoms with Gasteiger partial charge < -0.3 is 10.4 Å². The third kappa shape index (κ3) is 23.2. The Hall–Kier alpha value is -0.830. The van der Waals surface area contributed by atoms with Crippen LogP contribution >= 0.6 is 0 Å². The monoisotopic (exact) mass is 353 g/mol. The molecule has 0 aliphatic heterocycles. The van der Waals surface area contributed by atoms with Gasteiger partial charge in [0, 0.05) is 6.42 Å². The third-order valence-electron chi connectivity index (χ3n) is 4.61. The molecule has 3 nitrogen and oxygen atoms in total. The van der Waals surface area contributed by atoms with Gasteiger partial charge in [-0.1, -0.05) is 70.4 Å². The van der Waals surface area contributed by atoms with Crippen molar-refractivity contribution in [3.63, 3.8) is 0 Å². The van der Waals surface area contributed by atoms with Gasteiger partial charge in [0.1, 0.15) is 0 Å². The van der Waals surface area contributed by atoms with Crippen LogP contribution in [0.3, 0.4) is 0 Å². The fourth-order valence-electron chi connectivity index (χ4n) is 2.95. The summed E-state index contributed by atoms with van der Waals surface area (Å²) in [5.74, 6) is -0.664. The van der Waals surface area contributed by atoms with Crippen molar-refractivity contribution in [2.75, 3.05) is 13.1 Å². The van der Waals surface area contributed by atoms with Gasteiger partial charge in [-0.25, -0.2) is 0 Å². The summed E-state index contributed by atoms with van der Waals surface area (Å²) in [5.41, 5.74) is 0. The minimum absolute atomic E-state index is 0.329. The Morgan fingerprint density at radius 1 is 0.720 bits per heavy atom. The molecule has 3 heteroatoms. The number of hydrogen-bond donors (Lipinski definition) is 2. The molecule has 0 saturated carbocycles. The molecule has 0 rings (SSSR count). The third-order valence-corrected chi connectivity index (χ3v) is 4.61. The normalized spacial score (nSPS) is 11.4. The first-order valence-corrected chi connectivity index (χ1v) is 10.8. The van der Waals surface area contributed by atoms with Crippen LogP contribution in [-0.4, -0.2) is 24.2 Å². The number of allylic oxidation sites excluding steroid dienone is 2. The molecular formula is C22H43NO2. The average Bonchev–Trinajstić information content (AvgIpc) is 2.60. The van der Waals surface area contributed by atoms with Gasteiger partial charge in [-0.2, -0.15) is 0 Å². The second-order valence-corrected chi connectivity index (χ2v) is 7.19. The van der Waals surface area contributed by atoms with Gasteiger partial charge in [0.05, 0.1) is 0 Å². The van der Waals surface area contributed by atoms with Crippen LogP contribution < -0.4 is 5.32 Å². The Labute approximate surface area is 156 Å². The van der Waals surface area contributed by atoms with E-state index in [1.165, 1.54) is 96.6 Å². The molecule has 0 aromatic rings. The summed E-state index contributed by atoms with van der Waals surface area (Å²) >= 11 is 0. The van der Waals surface area contributed by atoms with E-state index in [9.17, 15) is 4.79 Å². The lowest BCUT2D eigenvalue weighted by atomic mass is 10.1. The van der Waals surface area contributed by atoms with E-state index in [0.717, 1.165) is 12.8 Å². The predicted molar refractivity (Wildman–Crippen MR) is 109 cm³/mol. The second kappa shape index (κ2) is 21.2. The zero-order valence-electron chi connectivity index (χ0n) is 16.7. The highest BCUT2D eigenvalue weighted by atomic mass is 16.4. The number of aliphatic carboxylic acids is 1. The van der Waals surface area contributed by atoms with Crippen LogP contribution in [-0.2, 0) is 4.79 Å². The van der Waals surface area contributed by atoms with Gasteiger partial charge in [-0.15, -0.1) is 0 Å². The molecule has 0 fully saturated rings. The number of carbonyl (C=O) groups is 1. The van der Waals surface area contributed by atoms with Gasteiger partial charge in [-0.05, 0) is 58.0 Å². The summed E-state index contributed by atoms with van der Waals surface area (Å²) < 4.78 is 0. The van der Waals surface area contributed by atoms with Crippen LogP contribution in [0, 0.1) is 0 Å². The van der Waals surface area contributed by atoms with Crippen LogP contribution in [0.4, 0.5) is 0 Å². The minimum atomic E-state index is -0.664. The van der Waals surface area contributed by atoms with Crippen LogP contribution in [0.1, 0.15) is 110 Å². The maximum atomic E-state index is 10.4. The Bertz CT molecular complexity index is 302. The molecule has 0 radical (unpaired) electrons. The lowest BCUT2D eigenvalue weighted by Gasteiger charge is -2.03. The lowest BCUT2D eigenvalue weighted by Crippen LogP contribution is -2.16. The summed E-state index contributed by atoms with van der Waals surface area (Å²) in [6.45, 7) is 4.63. The van der Waals surface area contributed by atoms with E-state index in [4.69, 9.17) is 5.11 Å². The predicted octanol–water partition coefficient (Wildman–Crippen LogP) is 6.48. The molecular weight excluding hydrogens is 310 g/mol. The molecule has 0 atom stereocenters. The number of unbranched alkanes of at least 4 members (excludes halogenated alkanes) is 12. The first-order valence-electron chi connectivity index (χ1n) is 10.8. The largest absolute Gasteiger partial charge is 0.481 e. The zero-order chi connectivity index (χ0) is 18.4. The first kappa shape index (κ1) is 24.2. The van der Waals surface area contributed by atoms with Gasteiger partial charge in [0.15, 0.2) is 0 Å². The van der Waals surface area contributed by atoms with Crippen molar-refractivity contribution in [1.82, 2.24) is 5.32 Å². The molecule has 0 aromatic heterocycles. The molecule has 0 heterocycles. The van der Waals surface area contributed by atoms with Crippen LogP contribution in [0.15, 0.2) is 12.2 Å². The van der Waals surface area contributed by atoms with Gasteiger partial charge in [0.2, 0.25) is 0 Å². The van der Waals surface area contributed by atoms with E-state index in [2.05, 4.69) is 24.4 Å². The summed E-state index contributed by atoms with van der Waals surface area (Å²) in [6.07, 6.45) is 23.8. The van der Waals surface area contributed by atoms with Crippen molar-refractivity contribution >= 4 is 5.97 Å². The molecule has 0 unspecified atom stereocenters. The molecule has 148 valence electrons. The first-order chi connectivity index (χ1) is 12.3. The number of nitrogens with one attached hydrogen (secondary N) is 1. The van der Waals surface area contributed by atoms with Crippen molar-refractivity contribution in [3.8, 4) is 0 Å². The van der Waals surface area contributed by atoms with E-state index in [1.54, 1.807) is 0 Å². The van der Waals surface area contributed by atoms with Crippen molar-refractivity contribution in [2.24, 2.45) is 0 Å². The molecule has 2 N–H and O–H groups in total. The molecule has 0 aromatic carbocycles. The molecule has 0 amide bonds. The quantitative estimate of drug-likeness (QED) is 0.194. The zero-order valence-corrected chi connectivity index (χ0v) is 16.7. The molecule has 0 aliphatic rings. The molecule has 0 spiro atoms. The standard InChI is InChI=1S/C22H43NO2/c1-2-3-20-23-21-18-16-14-12-10-8-6-4-5-7-9-11-13-15-17-19-22(24)25/h4-5,23H,2-3,6-21H2,1H3,(H,24,25)/b5-4-. The maximum absolute atomic E-state index is 10.4. The Morgan fingerprint density at radius 3 is 1.76 bits per heavy atom. The molecule has 0 aliphatic carbocycles. The maximum Gasteiger partial charge on any atom is 0.303 e. The summed E-state index contributed by atoms with van der Waals surface area (Å²) in [6, 6.07) is 0. The fourth-order valence-corrected chi connectivity index (χ4v) is 2.95. The van der Waals surface area contributed by atoms with E-state index >= 15 is 0 Å². The van der Waals surface area contributed by atoms with Crippen LogP contribution in [0.5, 0.6) is 0 Å². The van der Waals surface area contributed by atoms with Gasteiger partial charge >= 0.3 is 5.97 Å². The SMILES string of the molecule is CCCCNCCCCCCCC/C=C\CCCCCCCC(=O)O. The van der Waals surface area contributed by atoms with Crippen molar-refractivity contribution in [1.29, 1.82) is 0 Å². The number of carboxylic acids is 1. The number of carboxylic acid groups (broad SMARTS) is 1. The van der Waals surface area contributed by atoms with Crippen molar-refractivity contribution in [3.05, 3.63) is 12.2 Å². The van der Waals surface area contributed by atoms with Crippen molar-refractivity contribution < 1.29 is 9.90 Å². The van der Waals surface area contributed by atoms with E-state index < -0.39 is 5.97 Å². The topological polar surface area (TPSA) is 49.3 Å². The van der Waals surface area contributed by atoms with E-state index in [-0.39, 0.29) is 0 Å². The highest BCUT2D eigenvalue weighted by molar-refractivity contribution is 5.66. The summed E-state index contributed by atoms with van der Waals surface area (Å²) in [5, 5.41) is 12.1. The van der Waals surface area contributed by atoms with E-state index in [0.29, 0.717) is 6.42 Å². The van der Waals surface area contributed by atoms with Crippen LogP contribution in [0.2, 0.25) is 0 Å². The summed E-state index contributed by atoms with van der Waals surface area (Å²) in [4.78, 5) is 10.4. The fraction of sp³-hybridized carbons (Fsp3) is 0.864. The molecule has 0 saturated heterocycles. The van der Waals surface area contributed by atoms with Gasteiger partial charge in [-0.3, -0.25) is 4.79 Å². The highest BCUT2D eigenvalue weighted by Gasteiger charge is 1.96. The average molecular weight is 354 g/mol. The summed E-state index contributed by atoms with van der Waals surface area (Å²) in [7, 11) is 0. The number of hydrogen-bond acceptors (Lipinski definition) is 2. The highest BCUT2D eigenvalue weighted by Crippen LogP contribution is 2.09. The smallest absolute Gasteiger partial charge is 0.303 e. The Kier molecular flexibility index (Phi) is 20.5. The Morgan fingerprint density at radius 2 is 1.20 bits per heavy atom. The minimum Gasteiger partial charge on any atom is -0.481 e. The van der Waals surface area contributed by atoms with Crippen molar-refractivity contribution in [2.45, 2.75) is 110 Å². The molecule has 0 bridgehead atoms. The van der Waals surface area contributed by atoms with Gasteiger partial charge in [0.25, 0.3) is 0 Å².